The van der Waals surface area contributed by atoms with Gasteiger partial charge in [-0.3, -0.25) is 4.79 Å². The van der Waals surface area contributed by atoms with E-state index in [0.29, 0.717) is 13.0 Å². The van der Waals surface area contributed by atoms with E-state index < -0.39 is 12.2 Å². The second kappa shape index (κ2) is 5.75. The molecule has 0 unspecified atom stereocenters. The highest BCUT2D eigenvalue weighted by Gasteiger charge is 2.38. The zero-order chi connectivity index (χ0) is 14.8. The van der Waals surface area contributed by atoms with Gasteiger partial charge in [0, 0.05) is 12.2 Å². The van der Waals surface area contributed by atoms with E-state index in [0.717, 1.165) is 0 Å². The first-order valence-corrected chi connectivity index (χ1v) is 6.40. The number of nitrogens with one attached hydrogen (secondary N) is 1. The van der Waals surface area contributed by atoms with Crippen molar-refractivity contribution < 1.29 is 23.0 Å². The second-order valence-corrected chi connectivity index (χ2v) is 5.04. The summed E-state index contributed by atoms with van der Waals surface area (Å²) in [7, 11) is 0. The van der Waals surface area contributed by atoms with Crippen LogP contribution in [0.5, 0.6) is 5.75 Å². The Morgan fingerprint density at radius 1 is 1.55 bits per heavy atom. The quantitative estimate of drug-likeness (QED) is 0.925. The molecular formula is C14H17F2NO3. The van der Waals surface area contributed by atoms with Crippen LogP contribution in [0.2, 0.25) is 0 Å². The van der Waals surface area contributed by atoms with Crippen molar-refractivity contribution in [1.29, 1.82) is 0 Å². The molecule has 1 saturated heterocycles. The van der Waals surface area contributed by atoms with E-state index in [2.05, 4.69) is 10.1 Å². The fourth-order valence-corrected chi connectivity index (χ4v) is 2.14. The van der Waals surface area contributed by atoms with Gasteiger partial charge in [0.05, 0.1) is 11.6 Å². The minimum absolute atomic E-state index is 0.0338. The van der Waals surface area contributed by atoms with Crippen molar-refractivity contribution in [2.24, 2.45) is 0 Å². The van der Waals surface area contributed by atoms with Crippen LogP contribution in [-0.4, -0.2) is 30.8 Å². The Morgan fingerprint density at radius 3 is 2.90 bits per heavy atom. The molecule has 110 valence electrons. The van der Waals surface area contributed by atoms with E-state index >= 15 is 0 Å². The number of benzene rings is 1. The van der Waals surface area contributed by atoms with Gasteiger partial charge < -0.3 is 14.8 Å². The largest absolute Gasteiger partial charge is 0.435 e. The van der Waals surface area contributed by atoms with Crippen LogP contribution in [0.3, 0.4) is 0 Å². The molecule has 6 heteroatoms. The third-order valence-corrected chi connectivity index (χ3v) is 3.61. The summed E-state index contributed by atoms with van der Waals surface area (Å²) in [6.45, 7) is 1.48. The van der Waals surface area contributed by atoms with Crippen LogP contribution < -0.4 is 10.1 Å². The maximum atomic E-state index is 12.2. The van der Waals surface area contributed by atoms with Gasteiger partial charge in [0.2, 0.25) is 0 Å². The highest BCUT2D eigenvalue weighted by Crippen LogP contribution is 2.26. The van der Waals surface area contributed by atoms with Gasteiger partial charge in [-0.25, -0.2) is 0 Å². The topological polar surface area (TPSA) is 47.6 Å². The molecule has 2 atom stereocenters. The van der Waals surface area contributed by atoms with Gasteiger partial charge in [-0.05, 0) is 38.5 Å². The van der Waals surface area contributed by atoms with Gasteiger partial charge in [-0.1, -0.05) is 6.07 Å². The van der Waals surface area contributed by atoms with Crippen molar-refractivity contribution in [2.45, 2.75) is 38.5 Å². The Morgan fingerprint density at radius 2 is 2.30 bits per heavy atom. The van der Waals surface area contributed by atoms with E-state index in [9.17, 15) is 13.6 Å². The summed E-state index contributed by atoms with van der Waals surface area (Å²) < 4.78 is 34.0. The van der Waals surface area contributed by atoms with Crippen LogP contribution in [-0.2, 0) is 4.74 Å². The minimum atomic E-state index is -2.91. The molecular weight excluding hydrogens is 268 g/mol. The summed E-state index contributed by atoms with van der Waals surface area (Å²) in [5, 5.41) is 2.89. The van der Waals surface area contributed by atoms with Crippen molar-refractivity contribution >= 4 is 5.91 Å². The van der Waals surface area contributed by atoms with Crippen molar-refractivity contribution in [2.75, 3.05) is 6.61 Å². The summed E-state index contributed by atoms with van der Waals surface area (Å²) in [6, 6.07) is 5.73. The standard InChI is InChI=1S/C14H17F2NO3/c1-9-14(2,6-7-19-9)17-12(18)10-4-3-5-11(8-10)20-13(15)16/h3-5,8-9,13H,6-7H2,1-2H3,(H,17,18)/t9-,14+/m1/s1. The average molecular weight is 285 g/mol. The maximum Gasteiger partial charge on any atom is 0.387 e. The van der Waals surface area contributed by atoms with Gasteiger partial charge in [0.15, 0.2) is 0 Å². The first kappa shape index (κ1) is 14.7. The number of hydrogen-bond donors (Lipinski definition) is 1. The number of carbonyl (C=O) groups is 1. The molecule has 0 spiro atoms. The first-order valence-electron chi connectivity index (χ1n) is 6.40. The lowest BCUT2D eigenvalue weighted by Crippen LogP contribution is -2.50. The second-order valence-electron chi connectivity index (χ2n) is 5.04. The highest BCUT2D eigenvalue weighted by atomic mass is 19.3. The molecule has 1 aromatic rings. The van der Waals surface area contributed by atoms with Crippen molar-refractivity contribution in [3.63, 3.8) is 0 Å². The number of amides is 1. The monoisotopic (exact) mass is 285 g/mol. The van der Waals surface area contributed by atoms with Crippen molar-refractivity contribution in [3.8, 4) is 5.75 Å². The molecule has 1 aromatic carbocycles. The molecule has 2 rings (SSSR count). The molecule has 1 fully saturated rings. The number of ether oxygens (including phenoxy) is 2. The Balaban J connectivity index is 2.09. The Kier molecular flexibility index (Phi) is 4.23. The zero-order valence-corrected chi connectivity index (χ0v) is 11.4. The molecule has 0 aliphatic carbocycles. The third kappa shape index (κ3) is 3.25. The average Bonchev–Trinajstić information content (AvgIpc) is 2.69. The Labute approximate surface area is 116 Å². The molecule has 1 aliphatic heterocycles. The molecule has 1 heterocycles. The van der Waals surface area contributed by atoms with Crippen LogP contribution in [0.15, 0.2) is 24.3 Å². The Hall–Kier alpha value is -1.69. The third-order valence-electron chi connectivity index (χ3n) is 3.61. The van der Waals surface area contributed by atoms with Crippen LogP contribution in [0.1, 0.15) is 30.6 Å². The lowest BCUT2D eigenvalue weighted by Gasteiger charge is -2.28. The zero-order valence-electron chi connectivity index (χ0n) is 11.4. The van der Waals surface area contributed by atoms with Gasteiger partial charge in [-0.15, -0.1) is 0 Å². The van der Waals surface area contributed by atoms with Crippen LogP contribution in [0, 0.1) is 0 Å². The SMILES string of the molecule is C[C@H]1OCC[C@]1(C)NC(=O)c1cccc(OC(F)F)c1. The minimum Gasteiger partial charge on any atom is -0.435 e. The molecule has 1 amide bonds. The van der Waals surface area contributed by atoms with Crippen LogP contribution in [0.4, 0.5) is 8.78 Å². The smallest absolute Gasteiger partial charge is 0.387 e. The molecule has 4 nitrogen and oxygen atoms in total. The van der Waals surface area contributed by atoms with E-state index in [1.807, 2.05) is 13.8 Å². The van der Waals surface area contributed by atoms with Crippen molar-refractivity contribution in [3.05, 3.63) is 29.8 Å². The highest BCUT2D eigenvalue weighted by molar-refractivity contribution is 5.95. The van der Waals surface area contributed by atoms with Gasteiger partial charge in [0.1, 0.15) is 5.75 Å². The number of halogens is 2. The summed E-state index contributed by atoms with van der Waals surface area (Å²) in [4.78, 5) is 12.2. The summed E-state index contributed by atoms with van der Waals surface area (Å²) in [5.74, 6) is -0.363. The summed E-state index contributed by atoms with van der Waals surface area (Å²) in [6.07, 6.45) is 0.625. The van der Waals surface area contributed by atoms with Gasteiger partial charge in [-0.2, -0.15) is 8.78 Å². The number of hydrogen-bond acceptors (Lipinski definition) is 3. The van der Waals surface area contributed by atoms with Gasteiger partial charge in [0.25, 0.3) is 5.91 Å². The number of rotatable bonds is 4. The number of alkyl halides is 2. The molecule has 0 saturated carbocycles. The fraction of sp³-hybridized carbons (Fsp3) is 0.500. The lowest BCUT2D eigenvalue weighted by molar-refractivity contribution is -0.0498. The fourth-order valence-electron chi connectivity index (χ4n) is 2.14. The summed E-state index contributed by atoms with van der Waals surface area (Å²) >= 11 is 0. The molecule has 0 radical (unpaired) electrons. The first-order chi connectivity index (χ1) is 9.40. The lowest BCUT2D eigenvalue weighted by atomic mass is 9.94. The van der Waals surface area contributed by atoms with Gasteiger partial charge >= 0.3 is 6.61 Å². The maximum absolute atomic E-state index is 12.2. The molecule has 20 heavy (non-hydrogen) atoms. The predicted octanol–water partition coefficient (Wildman–Crippen LogP) is 2.59. The van der Waals surface area contributed by atoms with Crippen LogP contribution in [0.25, 0.3) is 0 Å². The van der Waals surface area contributed by atoms with E-state index in [-0.39, 0.29) is 23.3 Å². The van der Waals surface area contributed by atoms with Crippen LogP contribution >= 0.6 is 0 Å². The van der Waals surface area contributed by atoms with E-state index in [4.69, 9.17) is 4.74 Å². The summed E-state index contributed by atoms with van der Waals surface area (Å²) in [5.41, 5.74) is -0.167. The van der Waals surface area contributed by atoms with E-state index in [1.54, 1.807) is 6.07 Å². The predicted molar refractivity (Wildman–Crippen MR) is 69.0 cm³/mol. The number of carbonyl (C=O) groups excluding carboxylic acids is 1. The molecule has 1 aliphatic rings. The van der Waals surface area contributed by atoms with Crippen molar-refractivity contribution in [1.82, 2.24) is 5.32 Å². The molecule has 0 aromatic heterocycles. The normalized spacial score (nSPS) is 25.8. The Bertz CT molecular complexity index is 495. The molecule has 0 bridgehead atoms. The molecule has 1 N–H and O–H groups in total. The van der Waals surface area contributed by atoms with E-state index in [1.165, 1.54) is 18.2 Å².